The van der Waals surface area contributed by atoms with Crippen LogP contribution in [0.3, 0.4) is 0 Å². The van der Waals surface area contributed by atoms with Crippen molar-refractivity contribution in [2.24, 2.45) is 0 Å². The number of aromatic nitrogens is 1. The Kier molecular flexibility index (Phi) is 4.05. The summed E-state index contributed by atoms with van der Waals surface area (Å²) in [7, 11) is 0. The zero-order valence-corrected chi connectivity index (χ0v) is 17.1. The van der Waals surface area contributed by atoms with Crippen LogP contribution in [0.25, 0.3) is 49.3 Å². The van der Waals surface area contributed by atoms with E-state index in [1.54, 1.807) is 0 Å². The fraction of sp³-hybridized carbons (Fsp3) is 0. The van der Waals surface area contributed by atoms with E-state index in [0.29, 0.717) is 10.9 Å². The maximum absolute atomic E-state index is 12.5. The Morgan fingerprint density at radius 2 is 1.25 bits per heavy atom. The van der Waals surface area contributed by atoms with Gasteiger partial charge in [0.1, 0.15) is 0 Å². The molecule has 4 heteroatoms. The standard InChI is InChI=1S/C28H18N2O2/c31-30(32)28-24-15-7-5-13-22(24)21-12-4-6-14-23(21)26(28)25-16-8-9-19-17-18-29(27(19)25)20-10-2-1-3-11-20/h1-18H. The van der Waals surface area contributed by atoms with Crippen LogP contribution in [0.4, 0.5) is 5.69 Å². The van der Waals surface area contributed by atoms with Crippen LogP contribution in [0, 0.1) is 10.1 Å². The Morgan fingerprint density at radius 3 is 1.97 bits per heavy atom. The van der Waals surface area contributed by atoms with E-state index in [1.165, 1.54) is 0 Å². The smallest absolute Gasteiger partial charge is 0.285 e. The number of fused-ring (bicyclic) bond motifs is 4. The molecule has 0 spiro atoms. The molecule has 1 aromatic heterocycles. The van der Waals surface area contributed by atoms with Crippen LogP contribution in [-0.2, 0) is 0 Å². The van der Waals surface area contributed by atoms with Crippen LogP contribution in [0.15, 0.2) is 109 Å². The third-order valence-corrected chi connectivity index (χ3v) is 6.10. The summed E-state index contributed by atoms with van der Waals surface area (Å²) in [5.74, 6) is 0. The number of para-hydroxylation sites is 2. The highest BCUT2D eigenvalue weighted by atomic mass is 16.6. The van der Waals surface area contributed by atoms with Gasteiger partial charge in [0.2, 0.25) is 0 Å². The second kappa shape index (κ2) is 7.06. The Morgan fingerprint density at radius 1 is 0.625 bits per heavy atom. The maximum Gasteiger partial charge on any atom is 0.285 e. The molecule has 0 bridgehead atoms. The van der Waals surface area contributed by atoms with Gasteiger partial charge in [0, 0.05) is 22.8 Å². The lowest BCUT2D eigenvalue weighted by Crippen LogP contribution is -1.98. The summed E-state index contributed by atoms with van der Waals surface area (Å²) in [5, 5.41) is 17.0. The summed E-state index contributed by atoms with van der Waals surface area (Å²) in [6.45, 7) is 0. The summed E-state index contributed by atoms with van der Waals surface area (Å²) in [5.41, 5.74) is 3.63. The topological polar surface area (TPSA) is 48.1 Å². The van der Waals surface area contributed by atoms with Gasteiger partial charge in [-0.05, 0) is 40.4 Å². The minimum atomic E-state index is -0.237. The largest absolute Gasteiger partial charge is 0.316 e. The van der Waals surface area contributed by atoms with E-state index in [1.807, 2.05) is 103 Å². The normalized spacial score (nSPS) is 11.4. The van der Waals surface area contributed by atoms with Gasteiger partial charge in [0.05, 0.1) is 21.4 Å². The molecule has 0 radical (unpaired) electrons. The number of hydrogen-bond donors (Lipinski definition) is 0. The molecule has 0 unspecified atom stereocenters. The molecule has 5 aromatic carbocycles. The lowest BCUT2D eigenvalue weighted by Gasteiger charge is -2.15. The van der Waals surface area contributed by atoms with Crippen molar-refractivity contribution in [2.75, 3.05) is 0 Å². The van der Waals surface area contributed by atoms with Crippen molar-refractivity contribution in [1.29, 1.82) is 0 Å². The molecular weight excluding hydrogens is 396 g/mol. The second-order valence-corrected chi connectivity index (χ2v) is 7.84. The maximum atomic E-state index is 12.5. The first-order valence-corrected chi connectivity index (χ1v) is 10.5. The highest BCUT2D eigenvalue weighted by Gasteiger charge is 2.26. The van der Waals surface area contributed by atoms with Crippen molar-refractivity contribution in [3.63, 3.8) is 0 Å². The molecule has 0 atom stereocenters. The molecule has 6 rings (SSSR count). The molecule has 1 heterocycles. The van der Waals surface area contributed by atoms with Crippen molar-refractivity contribution in [2.45, 2.75) is 0 Å². The zero-order chi connectivity index (χ0) is 21.7. The van der Waals surface area contributed by atoms with E-state index in [9.17, 15) is 10.1 Å². The van der Waals surface area contributed by atoms with Crippen molar-refractivity contribution in [1.82, 2.24) is 4.57 Å². The Labute approximate surface area is 184 Å². The molecule has 0 fully saturated rings. The van der Waals surface area contributed by atoms with Crippen molar-refractivity contribution < 1.29 is 4.92 Å². The summed E-state index contributed by atoms with van der Waals surface area (Å²) in [6.07, 6.45) is 2.03. The minimum absolute atomic E-state index is 0.146. The highest BCUT2D eigenvalue weighted by Crippen LogP contribution is 2.45. The van der Waals surface area contributed by atoms with Crippen molar-refractivity contribution in [3.8, 4) is 16.8 Å². The Hall–Kier alpha value is -4.44. The molecule has 0 aliphatic heterocycles. The highest BCUT2D eigenvalue weighted by molar-refractivity contribution is 6.21. The van der Waals surface area contributed by atoms with E-state index < -0.39 is 0 Å². The summed E-state index contributed by atoms with van der Waals surface area (Å²) < 4.78 is 2.11. The zero-order valence-electron chi connectivity index (χ0n) is 17.1. The van der Waals surface area contributed by atoms with Crippen LogP contribution < -0.4 is 0 Å². The molecule has 0 N–H and O–H groups in total. The van der Waals surface area contributed by atoms with Gasteiger partial charge < -0.3 is 4.57 Å². The molecule has 6 aromatic rings. The second-order valence-electron chi connectivity index (χ2n) is 7.84. The van der Waals surface area contributed by atoms with Gasteiger partial charge in [-0.3, -0.25) is 10.1 Å². The first-order chi connectivity index (χ1) is 15.7. The van der Waals surface area contributed by atoms with E-state index in [2.05, 4.69) is 10.6 Å². The van der Waals surface area contributed by atoms with Crippen LogP contribution >= 0.6 is 0 Å². The van der Waals surface area contributed by atoms with Gasteiger partial charge in [0.25, 0.3) is 5.69 Å². The quantitative estimate of drug-likeness (QED) is 0.171. The van der Waals surface area contributed by atoms with Gasteiger partial charge in [0.15, 0.2) is 0 Å². The van der Waals surface area contributed by atoms with E-state index >= 15 is 0 Å². The van der Waals surface area contributed by atoms with Gasteiger partial charge >= 0.3 is 0 Å². The number of benzene rings is 5. The van der Waals surface area contributed by atoms with Crippen LogP contribution in [-0.4, -0.2) is 9.49 Å². The molecule has 0 aliphatic rings. The Bertz CT molecular complexity index is 1650. The fourth-order valence-corrected chi connectivity index (χ4v) is 4.78. The van der Waals surface area contributed by atoms with Gasteiger partial charge in [-0.15, -0.1) is 0 Å². The average Bonchev–Trinajstić information content (AvgIpc) is 3.28. The number of hydrogen-bond acceptors (Lipinski definition) is 2. The number of nitro groups is 1. The van der Waals surface area contributed by atoms with Gasteiger partial charge in [-0.25, -0.2) is 0 Å². The van der Waals surface area contributed by atoms with Gasteiger partial charge in [-0.2, -0.15) is 0 Å². The fourth-order valence-electron chi connectivity index (χ4n) is 4.78. The molecule has 0 saturated carbocycles. The average molecular weight is 414 g/mol. The minimum Gasteiger partial charge on any atom is -0.316 e. The van der Waals surface area contributed by atoms with Crippen molar-refractivity contribution >= 4 is 38.1 Å². The first kappa shape index (κ1) is 18.3. The van der Waals surface area contributed by atoms with Crippen LogP contribution in [0.1, 0.15) is 0 Å². The molecular formula is C28H18N2O2. The molecule has 0 amide bonds. The van der Waals surface area contributed by atoms with E-state index in [4.69, 9.17) is 0 Å². The van der Waals surface area contributed by atoms with Crippen molar-refractivity contribution in [3.05, 3.63) is 119 Å². The molecule has 0 aliphatic carbocycles. The van der Waals surface area contributed by atoms with Crippen LogP contribution in [0.5, 0.6) is 0 Å². The molecule has 32 heavy (non-hydrogen) atoms. The first-order valence-electron chi connectivity index (χ1n) is 10.5. The molecule has 4 nitrogen and oxygen atoms in total. The SMILES string of the molecule is O=[N+]([O-])c1c(-c2cccc3ccn(-c4ccccc4)c23)c2ccccc2c2ccccc12. The van der Waals surface area contributed by atoms with E-state index in [0.717, 1.165) is 38.3 Å². The number of nitro benzene ring substituents is 1. The lowest BCUT2D eigenvalue weighted by molar-refractivity contribution is -0.382. The predicted octanol–water partition coefficient (Wildman–Crippen LogP) is 7.51. The lowest BCUT2D eigenvalue weighted by atomic mass is 9.90. The third-order valence-electron chi connectivity index (χ3n) is 6.10. The summed E-state index contributed by atoms with van der Waals surface area (Å²) in [4.78, 5) is 12.2. The van der Waals surface area contributed by atoms with Gasteiger partial charge in [-0.1, -0.05) is 78.9 Å². The molecule has 152 valence electrons. The van der Waals surface area contributed by atoms with Crippen LogP contribution in [0.2, 0.25) is 0 Å². The predicted molar refractivity (Wildman–Crippen MR) is 130 cm³/mol. The monoisotopic (exact) mass is 414 g/mol. The number of rotatable bonds is 3. The Balaban J connectivity index is 1.83. The summed E-state index contributed by atoms with van der Waals surface area (Å²) >= 11 is 0. The number of nitrogens with zero attached hydrogens (tertiary/aromatic N) is 2. The van der Waals surface area contributed by atoms with E-state index in [-0.39, 0.29) is 10.6 Å². The summed E-state index contributed by atoms with van der Waals surface area (Å²) in [6, 6.07) is 33.7. The molecule has 0 saturated heterocycles. The third kappa shape index (κ3) is 2.63.